The van der Waals surface area contributed by atoms with Crippen molar-refractivity contribution in [3.05, 3.63) is 10.7 Å². The number of aromatic nitrogens is 2. The van der Waals surface area contributed by atoms with Crippen molar-refractivity contribution in [2.45, 2.75) is 45.6 Å². The fourth-order valence-electron chi connectivity index (χ4n) is 2.60. The van der Waals surface area contributed by atoms with Gasteiger partial charge in [0.2, 0.25) is 5.95 Å². The minimum absolute atomic E-state index is 0.503. The Kier molecular flexibility index (Phi) is 6.70. The summed E-state index contributed by atoms with van der Waals surface area (Å²) in [5.41, 5.74) is 0. The molecule has 1 aliphatic rings. The normalized spacial score (nSPS) is 16.9. The van der Waals surface area contributed by atoms with Crippen LogP contribution in [0.3, 0.4) is 0 Å². The fraction of sp³-hybridized carbons (Fsp3) is 0.733. The van der Waals surface area contributed by atoms with Crippen LogP contribution < -0.4 is 10.6 Å². The van der Waals surface area contributed by atoms with E-state index in [4.69, 9.17) is 0 Å². The molecule has 5 nitrogen and oxygen atoms in total. The van der Waals surface area contributed by atoms with Crippen molar-refractivity contribution >= 4 is 27.7 Å². The number of likely N-dealkylation sites (tertiary alicyclic amines) is 1. The van der Waals surface area contributed by atoms with Crippen molar-refractivity contribution < 1.29 is 0 Å². The smallest absolute Gasteiger partial charge is 0.224 e. The van der Waals surface area contributed by atoms with Crippen molar-refractivity contribution in [3.8, 4) is 0 Å². The molecule has 0 bridgehead atoms. The molecule has 0 radical (unpaired) electrons. The Hall–Kier alpha value is -0.880. The summed E-state index contributed by atoms with van der Waals surface area (Å²) in [4.78, 5) is 11.4. The molecule has 0 amide bonds. The molecule has 1 aromatic heterocycles. The fourth-order valence-corrected chi connectivity index (χ4v) is 2.91. The van der Waals surface area contributed by atoms with Crippen molar-refractivity contribution in [3.63, 3.8) is 0 Å². The molecular weight excluding hydrogens is 330 g/mol. The topological polar surface area (TPSA) is 53.1 Å². The molecule has 21 heavy (non-hydrogen) atoms. The van der Waals surface area contributed by atoms with E-state index >= 15 is 0 Å². The third-order valence-corrected chi connectivity index (χ3v) is 4.33. The van der Waals surface area contributed by atoms with Crippen molar-refractivity contribution in [1.82, 2.24) is 14.9 Å². The second kappa shape index (κ2) is 8.54. The van der Waals surface area contributed by atoms with Crippen LogP contribution in [-0.2, 0) is 0 Å². The van der Waals surface area contributed by atoms with Crippen LogP contribution in [0.4, 0.5) is 11.8 Å². The lowest BCUT2D eigenvalue weighted by Gasteiger charge is -2.32. The van der Waals surface area contributed by atoms with Gasteiger partial charge in [-0.2, -0.15) is 4.98 Å². The van der Waals surface area contributed by atoms with E-state index in [-0.39, 0.29) is 0 Å². The highest BCUT2D eigenvalue weighted by Crippen LogP contribution is 2.23. The maximum atomic E-state index is 4.57. The van der Waals surface area contributed by atoms with E-state index in [2.05, 4.69) is 55.3 Å². The molecule has 6 heteroatoms. The molecule has 0 spiro atoms. The SMILES string of the molecule is CCCNc1ncc(Br)c(NC2CCN(CCC)CC2)n1. The van der Waals surface area contributed by atoms with E-state index < -0.39 is 0 Å². The minimum atomic E-state index is 0.503. The minimum Gasteiger partial charge on any atom is -0.366 e. The second-order valence-corrected chi connectivity index (χ2v) is 6.43. The molecule has 2 heterocycles. The van der Waals surface area contributed by atoms with Gasteiger partial charge in [0.1, 0.15) is 5.82 Å². The molecule has 1 fully saturated rings. The maximum absolute atomic E-state index is 4.57. The van der Waals surface area contributed by atoms with Gasteiger partial charge in [0.25, 0.3) is 0 Å². The highest BCUT2D eigenvalue weighted by Gasteiger charge is 2.19. The van der Waals surface area contributed by atoms with Gasteiger partial charge in [-0.3, -0.25) is 0 Å². The molecule has 1 saturated heterocycles. The second-order valence-electron chi connectivity index (χ2n) is 5.58. The highest BCUT2D eigenvalue weighted by atomic mass is 79.9. The number of hydrogen-bond acceptors (Lipinski definition) is 5. The molecule has 2 N–H and O–H groups in total. The third-order valence-electron chi connectivity index (χ3n) is 3.75. The predicted molar refractivity (Wildman–Crippen MR) is 91.9 cm³/mol. The summed E-state index contributed by atoms with van der Waals surface area (Å²) in [6.45, 7) is 8.85. The number of halogens is 1. The van der Waals surface area contributed by atoms with E-state index in [0.717, 1.165) is 23.3 Å². The van der Waals surface area contributed by atoms with Crippen LogP contribution in [-0.4, -0.2) is 47.1 Å². The van der Waals surface area contributed by atoms with Crippen LogP contribution >= 0.6 is 15.9 Å². The molecular formula is C15H26BrN5. The molecule has 0 unspecified atom stereocenters. The molecule has 0 aromatic carbocycles. The Morgan fingerprint density at radius 1 is 1.29 bits per heavy atom. The van der Waals surface area contributed by atoms with E-state index in [1.165, 1.54) is 38.9 Å². The predicted octanol–water partition coefficient (Wildman–Crippen LogP) is 3.35. The lowest BCUT2D eigenvalue weighted by molar-refractivity contribution is 0.219. The molecule has 0 saturated carbocycles. The zero-order chi connectivity index (χ0) is 15.1. The van der Waals surface area contributed by atoms with Crippen molar-refractivity contribution in [2.75, 3.05) is 36.8 Å². The first-order chi connectivity index (χ1) is 10.2. The van der Waals surface area contributed by atoms with E-state index in [1.807, 2.05) is 6.20 Å². The zero-order valence-electron chi connectivity index (χ0n) is 13.0. The summed E-state index contributed by atoms with van der Waals surface area (Å²) >= 11 is 3.54. The van der Waals surface area contributed by atoms with E-state index in [1.54, 1.807) is 0 Å². The van der Waals surface area contributed by atoms with Gasteiger partial charge in [0, 0.05) is 31.9 Å². The van der Waals surface area contributed by atoms with Crippen LogP contribution in [0.25, 0.3) is 0 Å². The van der Waals surface area contributed by atoms with Crippen LogP contribution in [0.5, 0.6) is 0 Å². The Labute approximate surface area is 136 Å². The molecule has 118 valence electrons. The van der Waals surface area contributed by atoms with Gasteiger partial charge < -0.3 is 15.5 Å². The highest BCUT2D eigenvalue weighted by molar-refractivity contribution is 9.10. The van der Waals surface area contributed by atoms with Gasteiger partial charge in [-0.25, -0.2) is 4.98 Å². The van der Waals surface area contributed by atoms with Crippen molar-refractivity contribution in [1.29, 1.82) is 0 Å². The van der Waals surface area contributed by atoms with Crippen LogP contribution in [0.15, 0.2) is 10.7 Å². The van der Waals surface area contributed by atoms with Gasteiger partial charge in [0.05, 0.1) is 4.47 Å². The first kappa shape index (κ1) is 16.5. The van der Waals surface area contributed by atoms with E-state index in [9.17, 15) is 0 Å². The van der Waals surface area contributed by atoms with Crippen LogP contribution in [0.2, 0.25) is 0 Å². The van der Waals surface area contributed by atoms with Gasteiger partial charge >= 0.3 is 0 Å². The number of nitrogens with zero attached hydrogens (tertiary/aromatic N) is 3. The zero-order valence-corrected chi connectivity index (χ0v) is 14.6. The van der Waals surface area contributed by atoms with Gasteiger partial charge in [0.15, 0.2) is 0 Å². The van der Waals surface area contributed by atoms with Crippen LogP contribution in [0.1, 0.15) is 39.5 Å². The standard InChI is InChI=1S/C15H26BrN5/c1-3-7-17-15-18-11-13(16)14(20-15)19-12-5-9-21(8-4-2)10-6-12/h11-12H,3-10H2,1-2H3,(H2,17,18,19,20). The number of piperidine rings is 1. The Morgan fingerprint density at radius 2 is 2.05 bits per heavy atom. The first-order valence-corrected chi connectivity index (χ1v) is 8.77. The number of anilines is 2. The summed E-state index contributed by atoms with van der Waals surface area (Å²) in [5.74, 6) is 1.60. The van der Waals surface area contributed by atoms with Gasteiger partial charge in [-0.1, -0.05) is 13.8 Å². The largest absolute Gasteiger partial charge is 0.366 e. The average molecular weight is 356 g/mol. The monoisotopic (exact) mass is 355 g/mol. The lowest BCUT2D eigenvalue weighted by Crippen LogP contribution is -2.39. The van der Waals surface area contributed by atoms with Crippen LogP contribution in [0, 0.1) is 0 Å². The summed E-state index contributed by atoms with van der Waals surface area (Å²) in [5, 5.41) is 6.80. The van der Waals surface area contributed by atoms with E-state index in [0.29, 0.717) is 12.0 Å². The molecule has 1 aromatic rings. The number of hydrogen-bond donors (Lipinski definition) is 2. The Bertz CT molecular complexity index is 432. The summed E-state index contributed by atoms with van der Waals surface area (Å²) in [6, 6.07) is 0.503. The molecule has 2 rings (SSSR count). The summed E-state index contributed by atoms with van der Waals surface area (Å²) in [6.07, 6.45) is 6.47. The average Bonchev–Trinajstić information content (AvgIpc) is 2.50. The third kappa shape index (κ3) is 5.11. The number of rotatable bonds is 7. The maximum Gasteiger partial charge on any atom is 0.224 e. The molecule has 0 aliphatic carbocycles. The molecule has 1 aliphatic heterocycles. The Balaban J connectivity index is 1.90. The molecule has 0 atom stereocenters. The van der Waals surface area contributed by atoms with Crippen molar-refractivity contribution in [2.24, 2.45) is 0 Å². The first-order valence-electron chi connectivity index (χ1n) is 7.98. The quantitative estimate of drug-likeness (QED) is 0.785. The van der Waals surface area contributed by atoms with Gasteiger partial charge in [-0.05, 0) is 48.2 Å². The summed E-state index contributed by atoms with van der Waals surface area (Å²) in [7, 11) is 0. The Morgan fingerprint density at radius 3 is 2.71 bits per heavy atom. The number of nitrogens with one attached hydrogen (secondary N) is 2. The summed E-state index contributed by atoms with van der Waals surface area (Å²) < 4.78 is 0.931. The van der Waals surface area contributed by atoms with Gasteiger partial charge in [-0.15, -0.1) is 0 Å². The lowest BCUT2D eigenvalue weighted by atomic mass is 10.0.